The molecule has 0 aliphatic carbocycles. The molecule has 3 aromatic rings. The lowest BCUT2D eigenvalue weighted by Gasteiger charge is -2.08. The Morgan fingerprint density at radius 1 is 0.960 bits per heavy atom. The molecule has 0 radical (unpaired) electrons. The standard InChI is InChI=1S/C22H24O3/c1-3-4-5-6-13-24-18-11-12-21-19(14-18)20(23)15-22(25-21)17-9-7-16(2)8-10-17/h7-12,14-15H,3-6,13H2,1-2H3. The Labute approximate surface area is 148 Å². The maximum Gasteiger partial charge on any atom is 0.193 e. The van der Waals surface area contributed by atoms with Crippen LogP contribution in [0.2, 0.25) is 0 Å². The number of hydrogen-bond acceptors (Lipinski definition) is 3. The van der Waals surface area contributed by atoms with Crippen molar-refractivity contribution >= 4 is 11.0 Å². The fourth-order valence-corrected chi connectivity index (χ4v) is 2.80. The molecule has 0 aliphatic rings. The first-order chi connectivity index (χ1) is 12.2. The zero-order chi connectivity index (χ0) is 17.6. The summed E-state index contributed by atoms with van der Waals surface area (Å²) in [4.78, 5) is 12.5. The number of unbranched alkanes of at least 4 members (excludes halogenated alkanes) is 3. The predicted molar refractivity (Wildman–Crippen MR) is 102 cm³/mol. The maximum atomic E-state index is 12.5. The Kier molecular flexibility index (Phi) is 5.54. The first-order valence-electron chi connectivity index (χ1n) is 8.95. The van der Waals surface area contributed by atoms with Crippen LogP contribution in [-0.2, 0) is 0 Å². The van der Waals surface area contributed by atoms with Crippen molar-refractivity contribution in [3.8, 4) is 17.1 Å². The van der Waals surface area contributed by atoms with E-state index in [-0.39, 0.29) is 5.43 Å². The molecule has 0 bridgehead atoms. The van der Waals surface area contributed by atoms with Crippen molar-refractivity contribution in [3.63, 3.8) is 0 Å². The molecule has 0 aliphatic heterocycles. The van der Waals surface area contributed by atoms with Gasteiger partial charge in [-0.2, -0.15) is 0 Å². The van der Waals surface area contributed by atoms with Gasteiger partial charge >= 0.3 is 0 Å². The van der Waals surface area contributed by atoms with E-state index in [1.165, 1.54) is 24.8 Å². The number of hydrogen-bond donors (Lipinski definition) is 0. The summed E-state index contributed by atoms with van der Waals surface area (Å²) in [5, 5.41) is 0.557. The summed E-state index contributed by atoms with van der Waals surface area (Å²) in [5.41, 5.74) is 2.61. The molecular formula is C22H24O3. The summed E-state index contributed by atoms with van der Waals surface area (Å²) < 4.78 is 11.7. The van der Waals surface area contributed by atoms with Gasteiger partial charge in [0, 0.05) is 11.6 Å². The van der Waals surface area contributed by atoms with E-state index in [0.29, 0.717) is 23.3 Å². The first-order valence-corrected chi connectivity index (χ1v) is 8.95. The van der Waals surface area contributed by atoms with Crippen molar-refractivity contribution in [1.82, 2.24) is 0 Å². The van der Waals surface area contributed by atoms with E-state index < -0.39 is 0 Å². The second kappa shape index (κ2) is 8.02. The number of fused-ring (bicyclic) bond motifs is 1. The molecule has 0 fully saturated rings. The van der Waals surface area contributed by atoms with Crippen LogP contribution in [0.1, 0.15) is 38.2 Å². The highest BCUT2D eigenvalue weighted by atomic mass is 16.5. The van der Waals surface area contributed by atoms with Crippen molar-refractivity contribution in [2.24, 2.45) is 0 Å². The van der Waals surface area contributed by atoms with Crippen molar-refractivity contribution in [2.75, 3.05) is 6.61 Å². The molecule has 0 spiro atoms. The van der Waals surface area contributed by atoms with Gasteiger partial charge < -0.3 is 9.15 Å². The molecule has 130 valence electrons. The van der Waals surface area contributed by atoms with Gasteiger partial charge in [-0.15, -0.1) is 0 Å². The highest BCUT2D eigenvalue weighted by Gasteiger charge is 2.08. The quantitative estimate of drug-likeness (QED) is 0.517. The zero-order valence-electron chi connectivity index (χ0n) is 14.9. The van der Waals surface area contributed by atoms with E-state index in [2.05, 4.69) is 6.92 Å². The third-order valence-corrected chi connectivity index (χ3v) is 4.30. The molecule has 1 heterocycles. The minimum absolute atomic E-state index is 0.0479. The van der Waals surface area contributed by atoms with E-state index in [0.717, 1.165) is 17.7 Å². The number of benzene rings is 2. The van der Waals surface area contributed by atoms with Gasteiger partial charge in [-0.25, -0.2) is 0 Å². The maximum absolute atomic E-state index is 12.5. The van der Waals surface area contributed by atoms with Crippen LogP contribution < -0.4 is 10.2 Å². The average molecular weight is 336 g/mol. The molecule has 3 rings (SSSR count). The smallest absolute Gasteiger partial charge is 0.193 e. The Morgan fingerprint density at radius 3 is 2.52 bits per heavy atom. The molecule has 0 atom stereocenters. The van der Waals surface area contributed by atoms with Crippen LogP contribution in [0.15, 0.2) is 57.7 Å². The molecule has 3 nitrogen and oxygen atoms in total. The van der Waals surface area contributed by atoms with Crippen LogP contribution >= 0.6 is 0 Å². The summed E-state index contributed by atoms with van der Waals surface area (Å²) >= 11 is 0. The summed E-state index contributed by atoms with van der Waals surface area (Å²) in [6.45, 7) is 4.90. The van der Waals surface area contributed by atoms with Crippen molar-refractivity contribution < 1.29 is 9.15 Å². The molecule has 0 saturated carbocycles. The fourth-order valence-electron chi connectivity index (χ4n) is 2.80. The second-order valence-corrected chi connectivity index (χ2v) is 6.41. The van der Waals surface area contributed by atoms with Crippen molar-refractivity contribution in [3.05, 3.63) is 64.3 Å². The Bertz CT molecular complexity index is 891. The average Bonchev–Trinajstić information content (AvgIpc) is 2.62. The van der Waals surface area contributed by atoms with Gasteiger partial charge in [0.2, 0.25) is 0 Å². The second-order valence-electron chi connectivity index (χ2n) is 6.41. The van der Waals surface area contributed by atoms with Crippen LogP contribution in [0.25, 0.3) is 22.3 Å². The fraction of sp³-hybridized carbons (Fsp3) is 0.318. The molecule has 0 unspecified atom stereocenters. The normalized spacial score (nSPS) is 11.0. The highest BCUT2D eigenvalue weighted by Crippen LogP contribution is 2.25. The molecule has 0 amide bonds. The SMILES string of the molecule is CCCCCCOc1ccc2oc(-c3ccc(C)cc3)cc(=O)c2c1. The largest absolute Gasteiger partial charge is 0.494 e. The van der Waals surface area contributed by atoms with Gasteiger partial charge in [0.15, 0.2) is 5.43 Å². The van der Waals surface area contributed by atoms with Gasteiger partial charge in [0.1, 0.15) is 17.1 Å². The van der Waals surface area contributed by atoms with Gasteiger partial charge in [-0.1, -0.05) is 56.0 Å². The van der Waals surface area contributed by atoms with Crippen LogP contribution in [0.3, 0.4) is 0 Å². The molecule has 0 N–H and O–H groups in total. The van der Waals surface area contributed by atoms with E-state index in [9.17, 15) is 4.79 Å². The molecule has 25 heavy (non-hydrogen) atoms. The Morgan fingerprint density at radius 2 is 1.76 bits per heavy atom. The van der Waals surface area contributed by atoms with Crippen molar-refractivity contribution in [1.29, 1.82) is 0 Å². The van der Waals surface area contributed by atoms with E-state index in [1.807, 2.05) is 43.3 Å². The number of ether oxygens (including phenoxy) is 1. The molecule has 0 saturated heterocycles. The monoisotopic (exact) mass is 336 g/mol. The lowest BCUT2D eigenvalue weighted by molar-refractivity contribution is 0.305. The minimum Gasteiger partial charge on any atom is -0.494 e. The van der Waals surface area contributed by atoms with Crippen LogP contribution in [0.4, 0.5) is 0 Å². The van der Waals surface area contributed by atoms with E-state index >= 15 is 0 Å². The minimum atomic E-state index is -0.0479. The lowest BCUT2D eigenvalue weighted by Crippen LogP contribution is -2.02. The number of aryl methyl sites for hydroxylation is 1. The lowest BCUT2D eigenvalue weighted by atomic mass is 10.1. The summed E-state index contributed by atoms with van der Waals surface area (Å²) in [6, 6.07) is 15.0. The first kappa shape index (κ1) is 17.3. The van der Waals surface area contributed by atoms with Gasteiger partial charge in [0.25, 0.3) is 0 Å². The predicted octanol–water partition coefficient (Wildman–Crippen LogP) is 5.73. The zero-order valence-corrected chi connectivity index (χ0v) is 14.9. The van der Waals surface area contributed by atoms with Gasteiger partial charge in [0.05, 0.1) is 12.0 Å². The molecule has 1 aromatic heterocycles. The third kappa shape index (κ3) is 4.30. The van der Waals surface area contributed by atoms with Crippen LogP contribution in [-0.4, -0.2) is 6.61 Å². The summed E-state index contributed by atoms with van der Waals surface area (Å²) in [5.74, 6) is 1.31. The Hall–Kier alpha value is -2.55. The molecule has 3 heteroatoms. The Balaban J connectivity index is 1.81. The number of rotatable bonds is 7. The topological polar surface area (TPSA) is 39.4 Å². The molecular weight excluding hydrogens is 312 g/mol. The summed E-state index contributed by atoms with van der Waals surface area (Å²) in [7, 11) is 0. The van der Waals surface area contributed by atoms with E-state index in [4.69, 9.17) is 9.15 Å². The van der Waals surface area contributed by atoms with Gasteiger partial charge in [-0.05, 0) is 31.5 Å². The van der Waals surface area contributed by atoms with Crippen LogP contribution in [0, 0.1) is 6.92 Å². The van der Waals surface area contributed by atoms with Gasteiger partial charge in [-0.3, -0.25) is 4.79 Å². The summed E-state index contributed by atoms with van der Waals surface area (Å²) in [6.07, 6.45) is 4.64. The van der Waals surface area contributed by atoms with E-state index in [1.54, 1.807) is 12.1 Å². The molecule has 2 aromatic carbocycles. The van der Waals surface area contributed by atoms with Crippen molar-refractivity contribution in [2.45, 2.75) is 39.5 Å². The highest BCUT2D eigenvalue weighted by molar-refractivity contribution is 5.80. The van der Waals surface area contributed by atoms with Crippen LogP contribution in [0.5, 0.6) is 5.75 Å². The third-order valence-electron chi connectivity index (χ3n) is 4.30.